The van der Waals surface area contributed by atoms with Gasteiger partial charge in [0.25, 0.3) is 0 Å². The van der Waals surface area contributed by atoms with Crippen LogP contribution in [0.3, 0.4) is 0 Å². The van der Waals surface area contributed by atoms with Gasteiger partial charge in [-0.25, -0.2) is 9.78 Å². The van der Waals surface area contributed by atoms with Crippen molar-refractivity contribution in [2.75, 3.05) is 24.8 Å². The number of aromatic nitrogens is 1. The predicted molar refractivity (Wildman–Crippen MR) is 90.4 cm³/mol. The number of rotatable bonds is 7. The van der Waals surface area contributed by atoms with Crippen molar-refractivity contribution in [2.45, 2.75) is 11.8 Å². The number of benzene rings is 1. The molecular formula is C15H16N2O4S2. The van der Waals surface area contributed by atoms with Crippen LogP contribution in [-0.2, 0) is 9.53 Å². The van der Waals surface area contributed by atoms with Gasteiger partial charge in [0.2, 0.25) is 5.91 Å². The number of amides is 1. The van der Waals surface area contributed by atoms with Crippen LogP contribution in [-0.4, -0.2) is 36.3 Å². The SMILES string of the molecule is CCOc1ccc(SCC(=O)Nc2ncc(C(=O)OC)s2)cc1. The Labute approximate surface area is 142 Å². The van der Waals surface area contributed by atoms with E-state index in [1.54, 1.807) is 0 Å². The summed E-state index contributed by atoms with van der Waals surface area (Å²) in [4.78, 5) is 28.5. The van der Waals surface area contributed by atoms with Crippen LogP contribution >= 0.6 is 23.1 Å². The average Bonchev–Trinajstić information content (AvgIpc) is 3.02. The highest BCUT2D eigenvalue weighted by atomic mass is 32.2. The largest absolute Gasteiger partial charge is 0.494 e. The molecule has 0 aliphatic heterocycles. The Balaban J connectivity index is 1.82. The van der Waals surface area contributed by atoms with Gasteiger partial charge in [0.05, 0.1) is 25.7 Å². The van der Waals surface area contributed by atoms with E-state index in [1.165, 1.54) is 25.1 Å². The molecule has 1 aromatic carbocycles. The number of ether oxygens (including phenoxy) is 2. The van der Waals surface area contributed by atoms with Crippen LogP contribution in [0.15, 0.2) is 35.4 Å². The van der Waals surface area contributed by atoms with Gasteiger partial charge in [-0.05, 0) is 31.2 Å². The summed E-state index contributed by atoms with van der Waals surface area (Å²) >= 11 is 2.49. The first kappa shape index (κ1) is 17.3. The van der Waals surface area contributed by atoms with E-state index in [2.05, 4.69) is 15.0 Å². The van der Waals surface area contributed by atoms with Gasteiger partial charge in [-0.2, -0.15) is 0 Å². The number of thioether (sulfide) groups is 1. The summed E-state index contributed by atoms with van der Waals surface area (Å²) in [5.41, 5.74) is 0. The fourth-order valence-corrected chi connectivity index (χ4v) is 3.08. The minimum Gasteiger partial charge on any atom is -0.494 e. The smallest absolute Gasteiger partial charge is 0.349 e. The van der Waals surface area contributed by atoms with Crippen LogP contribution in [0.1, 0.15) is 16.6 Å². The Hall–Kier alpha value is -2.06. The highest BCUT2D eigenvalue weighted by Gasteiger charge is 2.12. The quantitative estimate of drug-likeness (QED) is 0.609. The fourth-order valence-electron chi connectivity index (χ4n) is 1.63. The maximum absolute atomic E-state index is 11.9. The third-order valence-electron chi connectivity index (χ3n) is 2.64. The maximum Gasteiger partial charge on any atom is 0.349 e. The summed E-state index contributed by atoms with van der Waals surface area (Å²) in [5, 5.41) is 3.04. The van der Waals surface area contributed by atoms with Crippen molar-refractivity contribution in [3.63, 3.8) is 0 Å². The van der Waals surface area contributed by atoms with Crippen molar-refractivity contribution in [1.29, 1.82) is 0 Å². The second kappa shape index (κ2) is 8.54. The zero-order chi connectivity index (χ0) is 16.7. The summed E-state index contributed by atoms with van der Waals surface area (Å²) in [6, 6.07) is 7.55. The van der Waals surface area contributed by atoms with Crippen LogP contribution < -0.4 is 10.1 Å². The Morgan fingerprint density at radius 3 is 2.70 bits per heavy atom. The normalized spacial score (nSPS) is 10.2. The molecule has 8 heteroatoms. The van der Waals surface area contributed by atoms with E-state index in [9.17, 15) is 9.59 Å². The standard InChI is InChI=1S/C15H16N2O4S2/c1-3-21-10-4-6-11(7-5-10)22-9-13(18)17-15-16-8-12(23-15)14(19)20-2/h4-8H,3,9H2,1-2H3,(H,16,17,18). The van der Waals surface area contributed by atoms with Crippen LogP contribution in [0.4, 0.5) is 5.13 Å². The number of esters is 1. The lowest BCUT2D eigenvalue weighted by molar-refractivity contribution is -0.113. The topological polar surface area (TPSA) is 77.5 Å². The summed E-state index contributed by atoms with van der Waals surface area (Å²) in [5.74, 6) is 0.405. The van der Waals surface area contributed by atoms with E-state index < -0.39 is 5.97 Å². The zero-order valence-electron chi connectivity index (χ0n) is 12.7. The van der Waals surface area contributed by atoms with Crippen molar-refractivity contribution in [3.8, 4) is 5.75 Å². The lowest BCUT2D eigenvalue weighted by Crippen LogP contribution is -2.13. The van der Waals surface area contributed by atoms with Crippen LogP contribution in [0.2, 0.25) is 0 Å². The Morgan fingerprint density at radius 2 is 2.04 bits per heavy atom. The second-order valence-corrected chi connectivity index (χ2v) is 6.34. The number of nitrogens with one attached hydrogen (secondary N) is 1. The van der Waals surface area contributed by atoms with Crippen molar-refractivity contribution in [2.24, 2.45) is 0 Å². The first-order valence-electron chi connectivity index (χ1n) is 6.82. The van der Waals surface area contributed by atoms with Crippen molar-refractivity contribution < 1.29 is 19.1 Å². The van der Waals surface area contributed by atoms with E-state index >= 15 is 0 Å². The molecule has 0 aliphatic rings. The molecule has 1 aromatic heterocycles. The fraction of sp³-hybridized carbons (Fsp3) is 0.267. The molecule has 6 nitrogen and oxygen atoms in total. The first-order valence-corrected chi connectivity index (χ1v) is 8.62. The highest BCUT2D eigenvalue weighted by molar-refractivity contribution is 8.00. The summed E-state index contributed by atoms with van der Waals surface area (Å²) < 4.78 is 9.95. The molecule has 0 aliphatic carbocycles. The van der Waals surface area contributed by atoms with Gasteiger partial charge in [-0.3, -0.25) is 4.79 Å². The number of nitrogens with zero attached hydrogens (tertiary/aromatic N) is 1. The monoisotopic (exact) mass is 352 g/mol. The molecule has 0 spiro atoms. The highest BCUT2D eigenvalue weighted by Crippen LogP contribution is 2.23. The van der Waals surface area contributed by atoms with Gasteiger partial charge >= 0.3 is 5.97 Å². The molecule has 122 valence electrons. The van der Waals surface area contributed by atoms with Crippen molar-refractivity contribution in [3.05, 3.63) is 35.3 Å². The molecule has 0 saturated heterocycles. The Kier molecular flexibility index (Phi) is 6.42. The minimum atomic E-state index is -0.466. The number of hydrogen-bond acceptors (Lipinski definition) is 7. The van der Waals surface area contributed by atoms with E-state index in [0.717, 1.165) is 22.0 Å². The van der Waals surface area contributed by atoms with Gasteiger partial charge < -0.3 is 14.8 Å². The van der Waals surface area contributed by atoms with Gasteiger partial charge in [0.15, 0.2) is 5.13 Å². The van der Waals surface area contributed by atoms with Gasteiger partial charge in [-0.1, -0.05) is 11.3 Å². The molecule has 0 fully saturated rings. The number of thiazole rings is 1. The Morgan fingerprint density at radius 1 is 1.30 bits per heavy atom. The average molecular weight is 352 g/mol. The lowest BCUT2D eigenvalue weighted by Gasteiger charge is -2.05. The molecule has 0 radical (unpaired) electrons. The van der Waals surface area contributed by atoms with Crippen LogP contribution in [0.5, 0.6) is 5.75 Å². The molecule has 23 heavy (non-hydrogen) atoms. The molecule has 2 rings (SSSR count). The van der Waals surface area contributed by atoms with Crippen LogP contribution in [0.25, 0.3) is 0 Å². The molecule has 2 aromatic rings. The summed E-state index contributed by atoms with van der Waals surface area (Å²) in [6.45, 7) is 2.55. The molecule has 1 heterocycles. The molecule has 1 amide bonds. The number of carbonyl (C=O) groups is 2. The summed E-state index contributed by atoms with van der Waals surface area (Å²) in [7, 11) is 1.30. The Bertz CT molecular complexity index is 670. The van der Waals surface area contributed by atoms with Gasteiger partial charge in [0.1, 0.15) is 10.6 Å². The van der Waals surface area contributed by atoms with Gasteiger partial charge in [0, 0.05) is 4.90 Å². The third-order valence-corrected chi connectivity index (χ3v) is 4.55. The maximum atomic E-state index is 11.9. The van der Waals surface area contributed by atoms with E-state index in [1.807, 2.05) is 31.2 Å². The van der Waals surface area contributed by atoms with Gasteiger partial charge in [-0.15, -0.1) is 11.8 Å². The van der Waals surface area contributed by atoms with E-state index in [4.69, 9.17) is 4.74 Å². The molecule has 0 atom stereocenters. The first-order chi connectivity index (χ1) is 11.1. The number of anilines is 1. The predicted octanol–water partition coefficient (Wildman–Crippen LogP) is 3.06. The van der Waals surface area contributed by atoms with E-state index in [0.29, 0.717) is 16.6 Å². The summed E-state index contributed by atoms with van der Waals surface area (Å²) in [6.07, 6.45) is 1.38. The van der Waals surface area contributed by atoms with E-state index in [-0.39, 0.29) is 11.7 Å². The second-order valence-electron chi connectivity index (χ2n) is 4.26. The third kappa shape index (κ3) is 5.26. The number of carbonyl (C=O) groups excluding carboxylic acids is 2. The molecule has 0 unspecified atom stereocenters. The minimum absolute atomic E-state index is 0.186. The lowest BCUT2D eigenvalue weighted by atomic mass is 10.3. The molecule has 1 N–H and O–H groups in total. The molecule has 0 saturated carbocycles. The van der Waals surface area contributed by atoms with Crippen molar-refractivity contribution in [1.82, 2.24) is 4.98 Å². The van der Waals surface area contributed by atoms with Crippen LogP contribution in [0, 0.1) is 0 Å². The zero-order valence-corrected chi connectivity index (χ0v) is 14.3. The number of hydrogen-bond donors (Lipinski definition) is 1. The number of methoxy groups -OCH3 is 1. The molecule has 0 bridgehead atoms. The molecular weight excluding hydrogens is 336 g/mol. The van der Waals surface area contributed by atoms with Crippen molar-refractivity contribution >= 4 is 40.1 Å².